The van der Waals surface area contributed by atoms with Crippen molar-refractivity contribution < 1.29 is 14.3 Å². The number of hydrogen-bond donors (Lipinski definition) is 2. The molecule has 0 saturated carbocycles. The highest BCUT2D eigenvalue weighted by molar-refractivity contribution is 5.92. The third-order valence-corrected chi connectivity index (χ3v) is 3.46. The van der Waals surface area contributed by atoms with Crippen LogP contribution in [-0.2, 0) is 17.8 Å². The first-order chi connectivity index (χ1) is 11.2. The molecular weight excluding hydrogens is 290 g/mol. The average molecular weight is 307 g/mol. The van der Waals surface area contributed by atoms with Crippen LogP contribution in [0.25, 0.3) is 11.3 Å². The maximum Gasteiger partial charge on any atom is 0.228 e. The molecular formula is C19H17NO3. The predicted octanol–water partition coefficient (Wildman–Crippen LogP) is 3.62. The van der Waals surface area contributed by atoms with Crippen LogP contribution in [-0.4, -0.2) is 11.0 Å². The maximum atomic E-state index is 12.1. The lowest BCUT2D eigenvalue weighted by molar-refractivity contribution is -0.115. The van der Waals surface area contributed by atoms with Crippen LogP contribution in [0.5, 0.6) is 0 Å². The lowest BCUT2D eigenvalue weighted by Gasteiger charge is -2.07. The Hall–Kier alpha value is -2.85. The van der Waals surface area contributed by atoms with Crippen LogP contribution in [0.15, 0.2) is 71.1 Å². The molecule has 0 aliphatic carbocycles. The van der Waals surface area contributed by atoms with Crippen molar-refractivity contribution in [1.82, 2.24) is 0 Å². The van der Waals surface area contributed by atoms with Crippen LogP contribution < -0.4 is 5.32 Å². The molecule has 0 unspecified atom stereocenters. The van der Waals surface area contributed by atoms with Gasteiger partial charge in [-0.05, 0) is 29.8 Å². The molecule has 0 fully saturated rings. The molecule has 4 heteroatoms. The third-order valence-electron chi connectivity index (χ3n) is 3.46. The standard InChI is InChI=1S/C19H17NO3/c21-13-17-9-10-18(23-17)15-7-4-8-16(12-15)20-19(22)11-14-5-2-1-3-6-14/h1-10,12,21H,11,13H2,(H,20,22). The normalized spacial score (nSPS) is 10.5. The fraction of sp³-hybridized carbons (Fsp3) is 0.105. The van der Waals surface area contributed by atoms with Crippen LogP contribution >= 0.6 is 0 Å². The summed E-state index contributed by atoms with van der Waals surface area (Å²) >= 11 is 0. The molecule has 1 heterocycles. The van der Waals surface area contributed by atoms with Crippen molar-refractivity contribution in [1.29, 1.82) is 0 Å². The molecule has 0 aliphatic rings. The molecule has 1 amide bonds. The Bertz CT molecular complexity index is 793. The summed E-state index contributed by atoms with van der Waals surface area (Å²) in [4.78, 5) is 12.1. The van der Waals surface area contributed by atoms with Gasteiger partial charge in [-0.15, -0.1) is 0 Å². The van der Waals surface area contributed by atoms with Crippen LogP contribution in [0.4, 0.5) is 5.69 Å². The lowest BCUT2D eigenvalue weighted by Crippen LogP contribution is -2.14. The van der Waals surface area contributed by atoms with Crippen molar-refractivity contribution in [2.24, 2.45) is 0 Å². The minimum Gasteiger partial charge on any atom is -0.459 e. The van der Waals surface area contributed by atoms with E-state index in [4.69, 9.17) is 9.52 Å². The Morgan fingerprint density at radius 1 is 1.00 bits per heavy atom. The van der Waals surface area contributed by atoms with Crippen LogP contribution in [0.2, 0.25) is 0 Å². The summed E-state index contributed by atoms with van der Waals surface area (Å²) in [7, 11) is 0. The van der Waals surface area contributed by atoms with E-state index in [1.807, 2.05) is 54.6 Å². The predicted molar refractivity (Wildman–Crippen MR) is 88.8 cm³/mol. The second-order valence-electron chi connectivity index (χ2n) is 5.22. The Balaban J connectivity index is 1.71. The summed E-state index contributed by atoms with van der Waals surface area (Å²) in [6.07, 6.45) is 0.334. The molecule has 4 nitrogen and oxygen atoms in total. The molecule has 2 aromatic carbocycles. The van der Waals surface area contributed by atoms with Gasteiger partial charge in [0.1, 0.15) is 18.1 Å². The molecule has 1 aromatic heterocycles. The van der Waals surface area contributed by atoms with E-state index in [0.717, 1.165) is 11.1 Å². The summed E-state index contributed by atoms with van der Waals surface area (Å²) in [5.41, 5.74) is 2.53. The topological polar surface area (TPSA) is 62.5 Å². The highest BCUT2D eigenvalue weighted by Crippen LogP contribution is 2.25. The second-order valence-corrected chi connectivity index (χ2v) is 5.22. The summed E-state index contributed by atoms with van der Waals surface area (Å²) in [5.74, 6) is 1.11. The summed E-state index contributed by atoms with van der Waals surface area (Å²) in [6, 6.07) is 20.6. The average Bonchev–Trinajstić information content (AvgIpc) is 3.05. The molecule has 0 saturated heterocycles. The monoisotopic (exact) mass is 307 g/mol. The molecule has 0 aliphatic heterocycles. The van der Waals surface area contributed by atoms with E-state index in [1.165, 1.54) is 0 Å². The Morgan fingerprint density at radius 2 is 1.83 bits per heavy atom. The summed E-state index contributed by atoms with van der Waals surface area (Å²) < 4.78 is 5.51. The van der Waals surface area contributed by atoms with Crippen LogP contribution in [0, 0.1) is 0 Å². The van der Waals surface area contributed by atoms with Crippen molar-refractivity contribution in [2.75, 3.05) is 5.32 Å². The van der Waals surface area contributed by atoms with Gasteiger partial charge < -0.3 is 14.8 Å². The number of furan rings is 1. The number of carbonyl (C=O) groups excluding carboxylic acids is 1. The molecule has 0 radical (unpaired) electrons. The van der Waals surface area contributed by atoms with Gasteiger partial charge in [0.2, 0.25) is 5.91 Å². The zero-order valence-corrected chi connectivity index (χ0v) is 12.5. The molecule has 2 N–H and O–H groups in total. The highest BCUT2D eigenvalue weighted by Gasteiger charge is 2.07. The SMILES string of the molecule is O=C(Cc1ccccc1)Nc1cccc(-c2ccc(CO)o2)c1. The van der Waals surface area contributed by atoms with Crippen molar-refractivity contribution in [2.45, 2.75) is 13.0 Å². The van der Waals surface area contributed by atoms with Gasteiger partial charge in [-0.3, -0.25) is 4.79 Å². The highest BCUT2D eigenvalue weighted by atomic mass is 16.4. The lowest BCUT2D eigenvalue weighted by atomic mass is 10.1. The van der Waals surface area contributed by atoms with Gasteiger partial charge in [-0.2, -0.15) is 0 Å². The van der Waals surface area contributed by atoms with E-state index >= 15 is 0 Å². The summed E-state index contributed by atoms with van der Waals surface area (Å²) in [5, 5.41) is 12.0. The minimum atomic E-state index is -0.131. The van der Waals surface area contributed by atoms with Crippen LogP contribution in [0.3, 0.4) is 0 Å². The number of carbonyl (C=O) groups is 1. The first-order valence-corrected chi connectivity index (χ1v) is 7.38. The minimum absolute atomic E-state index is 0.0659. The second kappa shape index (κ2) is 6.94. The number of anilines is 1. The van der Waals surface area contributed by atoms with Crippen molar-refractivity contribution in [3.63, 3.8) is 0 Å². The van der Waals surface area contributed by atoms with Crippen molar-refractivity contribution >= 4 is 11.6 Å². The molecule has 116 valence electrons. The fourth-order valence-corrected chi connectivity index (χ4v) is 2.35. The van der Waals surface area contributed by atoms with Gasteiger partial charge in [-0.1, -0.05) is 42.5 Å². The Kier molecular flexibility index (Phi) is 4.54. The van der Waals surface area contributed by atoms with E-state index in [0.29, 0.717) is 23.6 Å². The largest absolute Gasteiger partial charge is 0.459 e. The van der Waals surface area contributed by atoms with Gasteiger partial charge in [0.25, 0.3) is 0 Å². The zero-order chi connectivity index (χ0) is 16.1. The number of nitrogens with one attached hydrogen (secondary N) is 1. The number of aliphatic hydroxyl groups excluding tert-OH is 1. The van der Waals surface area contributed by atoms with E-state index in [-0.39, 0.29) is 12.5 Å². The van der Waals surface area contributed by atoms with Gasteiger partial charge in [0, 0.05) is 11.3 Å². The number of amides is 1. The number of benzene rings is 2. The molecule has 0 atom stereocenters. The number of aliphatic hydroxyl groups is 1. The zero-order valence-electron chi connectivity index (χ0n) is 12.5. The van der Waals surface area contributed by atoms with Gasteiger partial charge in [-0.25, -0.2) is 0 Å². The maximum absolute atomic E-state index is 12.1. The van der Waals surface area contributed by atoms with E-state index in [9.17, 15) is 4.79 Å². The van der Waals surface area contributed by atoms with Crippen LogP contribution in [0.1, 0.15) is 11.3 Å². The quantitative estimate of drug-likeness (QED) is 0.756. The van der Waals surface area contributed by atoms with Gasteiger partial charge in [0.15, 0.2) is 0 Å². The molecule has 23 heavy (non-hydrogen) atoms. The van der Waals surface area contributed by atoms with E-state index in [2.05, 4.69) is 5.32 Å². The first-order valence-electron chi connectivity index (χ1n) is 7.38. The first kappa shape index (κ1) is 15.1. The third kappa shape index (κ3) is 3.87. The Labute approximate surface area is 134 Å². The van der Waals surface area contributed by atoms with Crippen molar-refractivity contribution in [3.8, 4) is 11.3 Å². The molecule has 0 spiro atoms. The number of hydrogen-bond acceptors (Lipinski definition) is 3. The Morgan fingerprint density at radius 3 is 2.57 bits per heavy atom. The smallest absolute Gasteiger partial charge is 0.228 e. The molecule has 0 bridgehead atoms. The number of rotatable bonds is 5. The fourth-order valence-electron chi connectivity index (χ4n) is 2.35. The van der Waals surface area contributed by atoms with Gasteiger partial charge >= 0.3 is 0 Å². The van der Waals surface area contributed by atoms with Gasteiger partial charge in [0.05, 0.1) is 6.42 Å². The van der Waals surface area contributed by atoms with E-state index < -0.39 is 0 Å². The van der Waals surface area contributed by atoms with Crippen molar-refractivity contribution in [3.05, 3.63) is 78.1 Å². The molecule has 3 aromatic rings. The summed E-state index contributed by atoms with van der Waals surface area (Å²) in [6.45, 7) is -0.131. The van der Waals surface area contributed by atoms with E-state index in [1.54, 1.807) is 12.1 Å². The molecule has 3 rings (SSSR count).